The predicted octanol–water partition coefficient (Wildman–Crippen LogP) is 4.20. The molecular weight excluding hydrogens is 530 g/mol. The molecule has 0 saturated carbocycles. The molecular formula is C23H29BrClN3O4S. The Bertz CT molecular complexity index is 1050. The van der Waals surface area contributed by atoms with Gasteiger partial charge in [-0.1, -0.05) is 53.0 Å². The quantitative estimate of drug-likeness (QED) is 0.419. The number of benzene rings is 2. The lowest BCUT2D eigenvalue weighted by Gasteiger charge is -2.31. The average molecular weight is 559 g/mol. The third-order valence-corrected chi connectivity index (χ3v) is 6.98. The minimum atomic E-state index is -3.75. The summed E-state index contributed by atoms with van der Waals surface area (Å²) in [5.74, 6) is -0.781. The summed E-state index contributed by atoms with van der Waals surface area (Å²) < 4.78 is 26.8. The highest BCUT2D eigenvalue weighted by atomic mass is 79.9. The minimum absolute atomic E-state index is 0.135. The van der Waals surface area contributed by atoms with Crippen LogP contribution >= 0.6 is 27.5 Å². The van der Waals surface area contributed by atoms with Crippen LogP contribution in [0.1, 0.15) is 32.3 Å². The van der Waals surface area contributed by atoms with Crippen molar-refractivity contribution < 1.29 is 18.0 Å². The van der Waals surface area contributed by atoms with E-state index in [9.17, 15) is 18.0 Å². The van der Waals surface area contributed by atoms with Gasteiger partial charge in [-0.2, -0.15) is 0 Å². The number of carbonyl (C=O) groups excluding carboxylic acids is 2. The Balaban J connectivity index is 2.32. The number of rotatable bonds is 11. The first-order valence-electron chi connectivity index (χ1n) is 10.6. The van der Waals surface area contributed by atoms with Gasteiger partial charge in [0.1, 0.15) is 12.6 Å². The van der Waals surface area contributed by atoms with Crippen LogP contribution in [0.2, 0.25) is 5.02 Å². The monoisotopic (exact) mass is 557 g/mol. The molecule has 0 aliphatic carbocycles. The molecule has 2 aromatic rings. The van der Waals surface area contributed by atoms with Gasteiger partial charge < -0.3 is 10.2 Å². The maximum Gasteiger partial charge on any atom is 0.244 e. The molecule has 2 rings (SSSR count). The van der Waals surface area contributed by atoms with Crippen molar-refractivity contribution in [1.82, 2.24) is 10.2 Å². The molecule has 2 amide bonds. The van der Waals surface area contributed by atoms with E-state index in [2.05, 4.69) is 21.2 Å². The fourth-order valence-corrected chi connectivity index (χ4v) is 4.37. The Hall–Kier alpha value is -2.10. The number of nitrogens with one attached hydrogen (secondary N) is 1. The standard InChI is InChI=1S/C23H29BrClN3O4S/c1-4-5-14-26-23(30)17(2)27(15-18-6-10-20(25)11-7-18)22(29)16-28(33(3,31)32)21-12-8-19(24)9-13-21/h6-13,17H,4-5,14-16H2,1-3H3,(H,26,30)/t17-/m0/s1. The van der Waals surface area contributed by atoms with E-state index in [1.54, 1.807) is 55.5 Å². The highest BCUT2D eigenvalue weighted by molar-refractivity contribution is 9.10. The highest BCUT2D eigenvalue weighted by Gasteiger charge is 2.30. The number of hydrogen-bond acceptors (Lipinski definition) is 4. The summed E-state index contributed by atoms with van der Waals surface area (Å²) in [4.78, 5) is 27.5. The molecule has 0 saturated heterocycles. The Morgan fingerprint density at radius 1 is 1.09 bits per heavy atom. The first kappa shape index (κ1) is 27.1. The fourth-order valence-electron chi connectivity index (χ4n) is 3.13. The molecule has 0 heterocycles. The molecule has 0 bridgehead atoms. The number of hydrogen-bond donors (Lipinski definition) is 1. The van der Waals surface area contributed by atoms with Crippen LogP contribution in [-0.4, -0.2) is 50.5 Å². The molecule has 0 aliphatic rings. The van der Waals surface area contributed by atoms with Crippen molar-refractivity contribution in [3.63, 3.8) is 0 Å². The smallest absolute Gasteiger partial charge is 0.244 e. The molecule has 7 nitrogen and oxygen atoms in total. The maximum absolute atomic E-state index is 13.4. The van der Waals surface area contributed by atoms with Crippen molar-refractivity contribution >= 4 is 55.1 Å². The molecule has 10 heteroatoms. The van der Waals surface area contributed by atoms with Crippen LogP contribution in [0.15, 0.2) is 53.0 Å². The van der Waals surface area contributed by atoms with E-state index in [4.69, 9.17) is 11.6 Å². The topological polar surface area (TPSA) is 86.8 Å². The summed E-state index contributed by atoms with van der Waals surface area (Å²) >= 11 is 9.30. The van der Waals surface area contributed by atoms with Gasteiger partial charge in [-0.05, 0) is 55.3 Å². The van der Waals surface area contributed by atoms with E-state index in [-0.39, 0.29) is 12.5 Å². The van der Waals surface area contributed by atoms with Crippen LogP contribution in [-0.2, 0) is 26.2 Å². The lowest BCUT2D eigenvalue weighted by molar-refractivity contribution is -0.139. The summed E-state index contributed by atoms with van der Waals surface area (Å²) in [6.45, 7) is 3.88. The van der Waals surface area contributed by atoms with Crippen molar-refractivity contribution in [2.75, 3.05) is 23.7 Å². The van der Waals surface area contributed by atoms with Crippen molar-refractivity contribution in [3.05, 3.63) is 63.6 Å². The largest absolute Gasteiger partial charge is 0.354 e. The number of halogens is 2. The number of sulfonamides is 1. The lowest BCUT2D eigenvalue weighted by Crippen LogP contribution is -2.51. The highest BCUT2D eigenvalue weighted by Crippen LogP contribution is 2.22. The van der Waals surface area contributed by atoms with Gasteiger partial charge >= 0.3 is 0 Å². The third-order valence-electron chi connectivity index (χ3n) is 5.06. The SMILES string of the molecule is CCCCNC(=O)[C@H](C)N(Cc1ccc(Cl)cc1)C(=O)CN(c1ccc(Br)cc1)S(C)(=O)=O. The normalized spacial score (nSPS) is 12.2. The fraction of sp³-hybridized carbons (Fsp3) is 0.391. The van der Waals surface area contributed by atoms with Crippen LogP contribution in [0, 0.1) is 0 Å². The molecule has 0 aromatic heterocycles. The van der Waals surface area contributed by atoms with Gasteiger partial charge in [0.25, 0.3) is 0 Å². The molecule has 0 aliphatic heterocycles. The Labute approximate surface area is 209 Å². The van der Waals surface area contributed by atoms with Crippen LogP contribution < -0.4 is 9.62 Å². The van der Waals surface area contributed by atoms with Crippen LogP contribution in [0.25, 0.3) is 0 Å². The first-order chi connectivity index (χ1) is 15.5. The van der Waals surface area contributed by atoms with E-state index >= 15 is 0 Å². The average Bonchev–Trinajstić information content (AvgIpc) is 2.76. The van der Waals surface area contributed by atoms with Crippen LogP contribution in [0.5, 0.6) is 0 Å². The summed E-state index contributed by atoms with van der Waals surface area (Å²) in [6.07, 6.45) is 2.81. The Morgan fingerprint density at radius 3 is 2.24 bits per heavy atom. The zero-order chi connectivity index (χ0) is 24.6. The maximum atomic E-state index is 13.4. The van der Waals surface area contributed by atoms with E-state index in [1.165, 1.54) is 4.90 Å². The second kappa shape index (κ2) is 12.4. The molecule has 33 heavy (non-hydrogen) atoms. The van der Waals surface area contributed by atoms with Gasteiger partial charge in [-0.3, -0.25) is 13.9 Å². The Morgan fingerprint density at radius 2 is 1.70 bits per heavy atom. The number of carbonyl (C=O) groups is 2. The van der Waals surface area contributed by atoms with E-state index < -0.39 is 28.5 Å². The molecule has 0 unspecified atom stereocenters. The number of amides is 2. The van der Waals surface area contributed by atoms with E-state index in [0.29, 0.717) is 17.3 Å². The van der Waals surface area contributed by atoms with Crippen molar-refractivity contribution in [2.24, 2.45) is 0 Å². The summed E-state index contributed by atoms with van der Waals surface area (Å²) in [5, 5.41) is 3.40. The zero-order valence-electron chi connectivity index (χ0n) is 18.9. The van der Waals surface area contributed by atoms with E-state index in [0.717, 1.165) is 33.4 Å². The molecule has 1 atom stereocenters. The van der Waals surface area contributed by atoms with Gasteiger partial charge in [-0.25, -0.2) is 8.42 Å². The van der Waals surface area contributed by atoms with E-state index in [1.807, 2.05) is 6.92 Å². The summed E-state index contributed by atoms with van der Waals surface area (Å²) in [6, 6.07) is 12.8. The van der Waals surface area contributed by atoms with Gasteiger partial charge in [-0.15, -0.1) is 0 Å². The predicted molar refractivity (Wildman–Crippen MR) is 136 cm³/mol. The third kappa shape index (κ3) is 8.32. The van der Waals surface area contributed by atoms with Crippen LogP contribution in [0.4, 0.5) is 5.69 Å². The van der Waals surface area contributed by atoms with Crippen molar-refractivity contribution in [2.45, 2.75) is 39.3 Å². The molecule has 1 N–H and O–H groups in total. The first-order valence-corrected chi connectivity index (χ1v) is 13.6. The van der Waals surface area contributed by atoms with Gasteiger partial charge in [0.15, 0.2) is 0 Å². The Kier molecular flexibility index (Phi) is 10.2. The lowest BCUT2D eigenvalue weighted by atomic mass is 10.1. The molecule has 0 radical (unpaired) electrons. The van der Waals surface area contributed by atoms with Gasteiger partial charge in [0, 0.05) is 22.6 Å². The second-order valence-corrected chi connectivity index (χ2v) is 11.0. The van der Waals surface area contributed by atoms with Crippen molar-refractivity contribution in [1.29, 1.82) is 0 Å². The summed E-state index contributed by atoms with van der Waals surface area (Å²) in [5.41, 5.74) is 1.14. The van der Waals surface area contributed by atoms with Crippen LogP contribution in [0.3, 0.4) is 0 Å². The second-order valence-electron chi connectivity index (χ2n) is 7.71. The molecule has 2 aromatic carbocycles. The molecule has 0 fully saturated rings. The molecule has 180 valence electrons. The van der Waals surface area contributed by atoms with Crippen molar-refractivity contribution in [3.8, 4) is 0 Å². The van der Waals surface area contributed by atoms with Gasteiger partial charge in [0.05, 0.1) is 11.9 Å². The minimum Gasteiger partial charge on any atom is -0.354 e. The zero-order valence-corrected chi connectivity index (χ0v) is 22.1. The molecule has 0 spiro atoms. The van der Waals surface area contributed by atoms with Gasteiger partial charge in [0.2, 0.25) is 21.8 Å². The summed E-state index contributed by atoms with van der Waals surface area (Å²) in [7, 11) is -3.75. The number of unbranched alkanes of at least 4 members (excludes halogenated alkanes) is 1. The number of nitrogens with zero attached hydrogens (tertiary/aromatic N) is 2. The number of anilines is 1.